The second kappa shape index (κ2) is 5.58. The Balaban J connectivity index is 1.59. The van der Waals surface area contributed by atoms with E-state index in [2.05, 4.69) is 66.3 Å². The lowest BCUT2D eigenvalue weighted by molar-refractivity contribution is 0.241. The predicted molar refractivity (Wildman–Crippen MR) is 84.9 cm³/mol. The third-order valence-electron chi connectivity index (χ3n) is 4.55. The topological polar surface area (TPSA) is 20.2 Å². The van der Waals surface area contributed by atoms with Crippen molar-refractivity contribution in [1.82, 2.24) is 14.8 Å². The molecule has 108 valence electrons. The van der Waals surface area contributed by atoms with Gasteiger partial charge in [-0.05, 0) is 38.4 Å². The second-order valence-corrected chi connectivity index (χ2v) is 6.16. The molecule has 0 saturated heterocycles. The first-order valence-corrected chi connectivity index (χ1v) is 7.62. The fraction of sp³-hybridized carbons (Fsp3) is 0.529. The van der Waals surface area contributed by atoms with Gasteiger partial charge in [-0.1, -0.05) is 18.2 Å². The molecule has 1 fully saturated rings. The van der Waals surface area contributed by atoms with E-state index in [9.17, 15) is 0 Å². The van der Waals surface area contributed by atoms with Crippen LogP contribution in [0.1, 0.15) is 25.3 Å². The molecule has 1 aromatic heterocycles. The molecule has 1 atom stereocenters. The molecule has 0 bridgehead atoms. The van der Waals surface area contributed by atoms with E-state index in [0.717, 1.165) is 19.1 Å². The average molecular weight is 271 g/mol. The number of rotatable bonds is 6. The molecule has 0 radical (unpaired) electrons. The minimum absolute atomic E-state index is 0.609. The van der Waals surface area contributed by atoms with Gasteiger partial charge in [0.2, 0.25) is 0 Å². The van der Waals surface area contributed by atoms with Crippen molar-refractivity contribution in [3.05, 3.63) is 36.0 Å². The molecule has 20 heavy (non-hydrogen) atoms. The normalized spacial score (nSPS) is 17.0. The number of nitrogens with one attached hydrogen (secondary N) is 1. The van der Waals surface area contributed by atoms with Crippen LogP contribution in [0.2, 0.25) is 0 Å². The molecule has 0 amide bonds. The molecular formula is C17H25N3. The summed E-state index contributed by atoms with van der Waals surface area (Å²) >= 11 is 0. The van der Waals surface area contributed by atoms with Gasteiger partial charge in [0.15, 0.2) is 0 Å². The van der Waals surface area contributed by atoms with Crippen LogP contribution in [-0.2, 0) is 13.6 Å². The van der Waals surface area contributed by atoms with Crippen molar-refractivity contribution in [3.63, 3.8) is 0 Å². The van der Waals surface area contributed by atoms with Gasteiger partial charge in [0.1, 0.15) is 0 Å². The second-order valence-electron chi connectivity index (χ2n) is 6.16. The Morgan fingerprint density at radius 2 is 2.10 bits per heavy atom. The molecule has 1 unspecified atom stereocenters. The van der Waals surface area contributed by atoms with Gasteiger partial charge in [-0.15, -0.1) is 0 Å². The van der Waals surface area contributed by atoms with Crippen molar-refractivity contribution < 1.29 is 0 Å². The van der Waals surface area contributed by atoms with Gasteiger partial charge in [-0.2, -0.15) is 0 Å². The Labute approximate surface area is 121 Å². The van der Waals surface area contributed by atoms with Crippen LogP contribution in [0.5, 0.6) is 0 Å². The molecule has 1 aliphatic carbocycles. The van der Waals surface area contributed by atoms with Gasteiger partial charge in [0.25, 0.3) is 0 Å². The lowest BCUT2D eigenvalue weighted by Gasteiger charge is -2.24. The predicted octanol–water partition coefficient (Wildman–Crippen LogP) is 2.75. The molecule has 1 heterocycles. The van der Waals surface area contributed by atoms with Gasteiger partial charge in [-0.3, -0.25) is 4.90 Å². The number of hydrogen-bond donors (Lipinski definition) is 1. The summed E-state index contributed by atoms with van der Waals surface area (Å²) in [5.74, 6) is 0. The summed E-state index contributed by atoms with van der Waals surface area (Å²) in [6.45, 7) is 4.31. The van der Waals surface area contributed by atoms with Gasteiger partial charge >= 0.3 is 0 Å². The van der Waals surface area contributed by atoms with E-state index in [-0.39, 0.29) is 0 Å². The summed E-state index contributed by atoms with van der Waals surface area (Å²) in [5, 5.41) is 4.98. The van der Waals surface area contributed by atoms with Crippen LogP contribution in [0.3, 0.4) is 0 Å². The Morgan fingerprint density at radius 3 is 2.85 bits per heavy atom. The first-order valence-electron chi connectivity index (χ1n) is 7.62. The Kier molecular flexibility index (Phi) is 3.81. The molecular weight excluding hydrogens is 246 g/mol. The highest BCUT2D eigenvalue weighted by Crippen LogP contribution is 2.26. The number of nitrogens with zero attached hydrogens (tertiary/aromatic N) is 2. The number of likely N-dealkylation sites (N-methyl/N-ethyl adjacent to an activating group) is 1. The lowest BCUT2D eigenvalue weighted by Crippen LogP contribution is -2.38. The fourth-order valence-corrected chi connectivity index (χ4v) is 2.97. The van der Waals surface area contributed by atoms with Crippen LogP contribution in [0.4, 0.5) is 0 Å². The third-order valence-corrected chi connectivity index (χ3v) is 4.55. The van der Waals surface area contributed by atoms with E-state index in [0.29, 0.717) is 6.04 Å². The van der Waals surface area contributed by atoms with E-state index < -0.39 is 0 Å². The van der Waals surface area contributed by atoms with Gasteiger partial charge in [0, 0.05) is 49.3 Å². The molecule has 2 aromatic rings. The van der Waals surface area contributed by atoms with Crippen LogP contribution in [0.15, 0.2) is 30.5 Å². The van der Waals surface area contributed by atoms with E-state index in [1.54, 1.807) is 0 Å². The van der Waals surface area contributed by atoms with E-state index in [1.165, 1.54) is 29.3 Å². The summed E-state index contributed by atoms with van der Waals surface area (Å²) in [6, 6.07) is 10.1. The summed E-state index contributed by atoms with van der Waals surface area (Å²) in [5.41, 5.74) is 2.71. The summed E-state index contributed by atoms with van der Waals surface area (Å²) in [7, 11) is 4.37. The van der Waals surface area contributed by atoms with E-state index >= 15 is 0 Å². The highest BCUT2D eigenvalue weighted by atomic mass is 15.2. The van der Waals surface area contributed by atoms with Crippen LogP contribution < -0.4 is 5.32 Å². The summed E-state index contributed by atoms with van der Waals surface area (Å²) in [6.07, 6.45) is 5.00. The van der Waals surface area contributed by atoms with Gasteiger partial charge in [0.05, 0.1) is 0 Å². The molecule has 1 aromatic carbocycles. The highest BCUT2D eigenvalue weighted by molar-refractivity contribution is 5.83. The number of fused-ring (bicyclic) bond motifs is 1. The van der Waals surface area contributed by atoms with Crippen molar-refractivity contribution in [3.8, 4) is 0 Å². The van der Waals surface area contributed by atoms with Crippen molar-refractivity contribution in [2.75, 3.05) is 13.6 Å². The number of benzene rings is 1. The van der Waals surface area contributed by atoms with Crippen LogP contribution in [0, 0.1) is 0 Å². The standard InChI is InChI=1S/C17H25N3/c1-13(20(3)15-8-9-15)10-18-11-14-12-19(2)17-7-5-4-6-16(14)17/h4-7,12-13,15,18H,8-11H2,1-3H3. The minimum Gasteiger partial charge on any atom is -0.350 e. The molecule has 1 aliphatic rings. The molecule has 3 nitrogen and oxygen atoms in total. The van der Waals surface area contributed by atoms with Crippen LogP contribution in [-0.4, -0.2) is 35.1 Å². The zero-order chi connectivity index (χ0) is 14.1. The van der Waals surface area contributed by atoms with Gasteiger partial charge < -0.3 is 9.88 Å². The maximum absolute atomic E-state index is 3.62. The molecule has 1 N–H and O–H groups in total. The third kappa shape index (κ3) is 2.74. The average Bonchev–Trinajstić information content (AvgIpc) is 3.25. The number of aromatic nitrogens is 1. The molecule has 1 saturated carbocycles. The van der Waals surface area contributed by atoms with Crippen molar-refractivity contribution >= 4 is 10.9 Å². The van der Waals surface area contributed by atoms with E-state index in [4.69, 9.17) is 0 Å². The summed E-state index contributed by atoms with van der Waals surface area (Å²) < 4.78 is 2.21. The Hall–Kier alpha value is -1.32. The maximum Gasteiger partial charge on any atom is 0.0481 e. The fourth-order valence-electron chi connectivity index (χ4n) is 2.97. The summed E-state index contributed by atoms with van der Waals surface area (Å²) in [4.78, 5) is 2.51. The SMILES string of the molecule is CC(CNCc1cn(C)c2ccccc12)N(C)C1CC1. The van der Waals surface area contributed by atoms with E-state index in [1.807, 2.05) is 0 Å². The number of para-hydroxylation sites is 1. The zero-order valence-corrected chi connectivity index (χ0v) is 12.8. The largest absolute Gasteiger partial charge is 0.350 e. The maximum atomic E-state index is 3.62. The zero-order valence-electron chi connectivity index (χ0n) is 12.8. The van der Waals surface area contributed by atoms with Crippen molar-refractivity contribution in [2.45, 2.75) is 38.4 Å². The quantitative estimate of drug-likeness (QED) is 0.872. The Morgan fingerprint density at radius 1 is 1.35 bits per heavy atom. The Bertz CT molecular complexity index is 583. The monoisotopic (exact) mass is 271 g/mol. The number of aryl methyl sites for hydroxylation is 1. The smallest absolute Gasteiger partial charge is 0.0481 e. The highest BCUT2D eigenvalue weighted by Gasteiger charge is 2.28. The first kappa shape index (κ1) is 13.7. The van der Waals surface area contributed by atoms with Gasteiger partial charge in [-0.25, -0.2) is 0 Å². The van der Waals surface area contributed by atoms with Crippen LogP contribution in [0.25, 0.3) is 10.9 Å². The van der Waals surface area contributed by atoms with Crippen LogP contribution >= 0.6 is 0 Å². The first-order chi connectivity index (χ1) is 9.66. The molecule has 0 spiro atoms. The molecule has 3 rings (SSSR count). The molecule has 0 aliphatic heterocycles. The minimum atomic E-state index is 0.609. The van der Waals surface area contributed by atoms with Crippen molar-refractivity contribution in [2.24, 2.45) is 7.05 Å². The van der Waals surface area contributed by atoms with Crippen molar-refractivity contribution in [1.29, 1.82) is 0 Å². The lowest BCUT2D eigenvalue weighted by atomic mass is 10.2. The molecule has 3 heteroatoms. The number of hydrogen-bond acceptors (Lipinski definition) is 2.